The van der Waals surface area contributed by atoms with Crippen LogP contribution in [0, 0.1) is 13.8 Å². The van der Waals surface area contributed by atoms with Crippen LogP contribution in [0.3, 0.4) is 0 Å². The van der Waals surface area contributed by atoms with Crippen molar-refractivity contribution >= 4 is 23.2 Å². The first-order chi connectivity index (χ1) is 9.13. The lowest BCUT2D eigenvalue weighted by Gasteiger charge is -2.23. The van der Waals surface area contributed by atoms with E-state index in [1.165, 1.54) is 0 Å². The molecule has 0 fully saturated rings. The van der Waals surface area contributed by atoms with Gasteiger partial charge in [0.2, 0.25) is 5.91 Å². The fraction of sp³-hybridized carbons (Fsp3) is 0.267. The van der Waals surface area contributed by atoms with E-state index in [-0.39, 0.29) is 11.8 Å². The zero-order chi connectivity index (χ0) is 13.8. The summed E-state index contributed by atoms with van der Waals surface area (Å²) in [7, 11) is 0. The fourth-order valence-electron chi connectivity index (χ4n) is 1.97. The molecule has 3 nitrogen and oxygen atoms in total. The van der Waals surface area contributed by atoms with Gasteiger partial charge in [0.25, 0.3) is 0 Å². The van der Waals surface area contributed by atoms with E-state index in [0.29, 0.717) is 6.54 Å². The summed E-state index contributed by atoms with van der Waals surface area (Å²) in [6, 6.07) is 9.54. The first-order valence-electron chi connectivity index (χ1n) is 6.08. The Morgan fingerprint density at radius 2 is 2.05 bits per heavy atom. The second kappa shape index (κ2) is 5.93. The van der Waals surface area contributed by atoms with E-state index in [4.69, 9.17) is 16.0 Å². The summed E-state index contributed by atoms with van der Waals surface area (Å²) in [5.74, 6) is 0.555. The quantitative estimate of drug-likeness (QED) is 0.799. The maximum Gasteiger partial charge on any atom is 0.242 e. The zero-order valence-electron chi connectivity index (χ0n) is 11.0. The number of amides is 1. The van der Waals surface area contributed by atoms with Crippen LogP contribution in [-0.2, 0) is 11.3 Å². The van der Waals surface area contributed by atoms with Crippen LogP contribution in [0.5, 0.6) is 0 Å². The lowest BCUT2D eigenvalue weighted by molar-refractivity contribution is -0.116. The third kappa shape index (κ3) is 2.99. The Balaban J connectivity index is 2.37. The summed E-state index contributed by atoms with van der Waals surface area (Å²) in [4.78, 5) is 13.7. The Labute approximate surface area is 117 Å². The van der Waals surface area contributed by atoms with Gasteiger partial charge in [0.15, 0.2) is 0 Å². The fourth-order valence-corrected chi connectivity index (χ4v) is 2.11. The largest absolute Gasteiger partial charge is 0.467 e. The number of anilines is 1. The minimum Gasteiger partial charge on any atom is -0.467 e. The summed E-state index contributed by atoms with van der Waals surface area (Å²) >= 11 is 5.71. The number of hydrogen-bond donors (Lipinski definition) is 0. The van der Waals surface area contributed by atoms with Crippen LogP contribution < -0.4 is 4.90 Å². The maximum atomic E-state index is 12.1. The lowest BCUT2D eigenvalue weighted by atomic mass is 10.1. The maximum absolute atomic E-state index is 12.1. The predicted molar refractivity (Wildman–Crippen MR) is 76.5 cm³/mol. The normalized spacial score (nSPS) is 10.5. The first kappa shape index (κ1) is 13.7. The molecule has 1 aromatic carbocycles. The Morgan fingerprint density at radius 1 is 1.26 bits per heavy atom. The molecule has 0 N–H and O–H groups in total. The standard InChI is InChI=1S/C15H16ClNO2/c1-11-5-3-7-14(12(11)2)17(15(18)9-16)10-13-6-4-8-19-13/h3-8H,9-10H2,1-2H3. The van der Waals surface area contributed by atoms with Gasteiger partial charge in [0, 0.05) is 5.69 Å². The third-order valence-corrected chi connectivity index (χ3v) is 3.40. The van der Waals surface area contributed by atoms with E-state index in [0.717, 1.165) is 22.6 Å². The summed E-state index contributed by atoms with van der Waals surface area (Å²) < 4.78 is 5.31. The second-order valence-electron chi connectivity index (χ2n) is 4.41. The molecule has 0 unspecified atom stereocenters. The number of rotatable bonds is 4. The molecule has 1 amide bonds. The minimum absolute atomic E-state index is 0.0475. The highest BCUT2D eigenvalue weighted by molar-refractivity contribution is 6.29. The van der Waals surface area contributed by atoms with Gasteiger partial charge in [-0.15, -0.1) is 11.6 Å². The van der Waals surface area contributed by atoms with Crippen molar-refractivity contribution in [2.75, 3.05) is 10.8 Å². The number of carbonyl (C=O) groups is 1. The Morgan fingerprint density at radius 3 is 2.68 bits per heavy atom. The highest BCUT2D eigenvalue weighted by Gasteiger charge is 2.18. The van der Waals surface area contributed by atoms with Gasteiger partial charge in [-0.1, -0.05) is 12.1 Å². The molecule has 0 atom stereocenters. The molecule has 1 aromatic heterocycles. The number of alkyl halides is 1. The number of aryl methyl sites for hydroxylation is 1. The molecule has 0 aliphatic carbocycles. The van der Waals surface area contributed by atoms with E-state index in [9.17, 15) is 4.79 Å². The van der Waals surface area contributed by atoms with Crippen molar-refractivity contribution in [1.82, 2.24) is 0 Å². The Hall–Kier alpha value is -1.74. The highest BCUT2D eigenvalue weighted by atomic mass is 35.5. The van der Waals surface area contributed by atoms with Crippen molar-refractivity contribution in [3.05, 3.63) is 53.5 Å². The van der Waals surface area contributed by atoms with Crippen LogP contribution in [0.15, 0.2) is 41.0 Å². The Kier molecular flexibility index (Phi) is 4.27. The molecule has 0 spiro atoms. The first-order valence-corrected chi connectivity index (χ1v) is 6.62. The van der Waals surface area contributed by atoms with E-state index < -0.39 is 0 Å². The molecule has 0 radical (unpaired) electrons. The summed E-state index contributed by atoms with van der Waals surface area (Å²) in [5.41, 5.74) is 3.10. The summed E-state index contributed by atoms with van der Waals surface area (Å²) in [6.45, 7) is 4.42. The van der Waals surface area contributed by atoms with E-state index in [1.807, 2.05) is 44.2 Å². The SMILES string of the molecule is Cc1cccc(N(Cc2ccco2)C(=O)CCl)c1C. The van der Waals surface area contributed by atoms with Crippen molar-refractivity contribution in [1.29, 1.82) is 0 Å². The molecule has 0 bridgehead atoms. The van der Waals surface area contributed by atoms with Crippen LogP contribution in [0.2, 0.25) is 0 Å². The number of halogens is 1. The number of furan rings is 1. The lowest BCUT2D eigenvalue weighted by Crippen LogP contribution is -2.31. The second-order valence-corrected chi connectivity index (χ2v) is 4.68. The average Bonchev–Trinajstić information content (AvgIpc) is 2.92. The zero-order valence-corrected chi connectivity index (χ0v) is 11.8. The van der Waals surface area contributed by atoms with E-state index >= 15 is 0 Å². The van der Waals surface area contributed by atoms with Gasteiger partial charge in [-0.25, -0.2) is 0 Å². The number of nitrogens with zero attached hydrogens (tertiary/aromatic N) is 1. The number of hydrogen-bond acceptors (Lipinski definition) is 2. The predicted octanol–water partition coefficient (Wildman–Crippen LogP) is 3.67. The minimum atomic E-state index is -0.133. The molecule has 4 heteroatoms. The van der Waals surface area contributed by atoms with Crippen molar-refractivity contribution in [2.45, 2.75) is 20.4 Å². The van der Waals surface area contributed by atoms with Crippen molar-refractivity contribution in [3.8, 4) is 0 Å². The van der Waals surface area contributed by atoms with Crippen LogP contribution in [0.1, 0.15) is 16.9 Å². The van der Waals surface area contributed by atoms with Gasteiger partial charge in [-0.05, 0) is 43.2 Å². The smallest absolute Gasteiger partial charge is 0.242 e. The number of benzene rings is 1. The van der Waals surface area contributed by atoms with Crippen molar-refractivity contribution < 1.29 is 9.21 Å². The van der Waals surface area contributed by atoms with Gasteiger partial charge in [-0.3, -0.25) is 4.79 Å². The molecular weight excluding hydrogens is 262 g/mol. The number of carbonyl (C=O) groups excluding carboxylic acids is 1. The van der Waals surface area contributed by atoms with Gasteiger partial charge in [0.1, 0.15) is 11.6 Å². The van der Waals surface area contributed by atoms with Crippen molar-refractivity contribution in [2.24, 2.45) is 0 Å². The summed E-state index contributed by atoms with van der Waals surface area (Å²) in [5, 5.41) is 0. The topological polar surface area (TPSA) is 33.5 Å². The van der Waals surface area contributed by atoms with Crippen LogP contribution in [-0.4, -0.2) is 11.8 Å². The average molecular weight is 278 g/mol. The molecule has 0 saturated carbocycles. The molecule has 2 rings (SSSR count). The van der Waals surface area contributed by atoms with Crippen molar-refractivity contribution in [3.63, 3.8) is 0 Å². The molecule has 19 heavy (non-hydrogen) atoms. The molecule has 0 saturated heterocycles. The van der Waals surface area contributed by atoms with Crippen LogP contribution >= 0.6 is 11.6 Å². The van der Waals surface area contributed by atoms with Gasteiger partial charge in [-0.2, -0.15) is 0 Å². The molecule has 100 valence electrons. The molecule has 0 aliphatic heterocycles. The van der Waals surface area contributed by atoms with Gasteiger partial charge in [0.05, 0.1) is 12.8 Å². The van der Waals surface area contributed by atoms with Gasteiger partial charge >= 0.3 is 0 Å². The summed E-state index contributed by atoms with van der Waals surface area (Å²) in [6.07, 6.45) is 1.60. The van der Waals surface area contributed by atoms with Crippen LogP contribution in [0.25, 0.3) is 0 Å². The van der Waals surface area contributed by atoms with Crippen LogP contribution in [0.4, 0.5) is 5.69 Å². The monoisotopic (exact) mass is 277 g/mol. The molecular formula is C15H16ClNO2. The molecule has 2 aromatic rings. The highest BCUT2D eigenvalue weighted by Crippen LogP contribution is 2.25. The molecule has 1 heterocycles. The third-order valence-electron chi connectivity index (χ3n) is 3.18. The molecule has 0 aliphatic rings. The van der Waals surface area contributed by atoms with E-state index in [2.05, 4.69) is 0 Å². The van der Waals surface area contributed by atoms with Gasteiger partial charge < -0.3 is 9.32 Å². The Bertz CT molecular complexity index is 564. The van der Waals surface area contributed by atoms with E-state index in [1.54, 1.807) is 11.2 Å².